The summed E-state index contributed by atoms with van der Waals surface area (Å²) in [5.74, 6) is -0.227. The molecular formula is C16H26N4O3S. The predicted octanol–water partition coefficient (Wildman–Crippen LogP) is 1.07. The van der Waals surface area contributed by atoms with Gasteiger partial charge in [-0.05, 0) is 37.5 Å². The number of benzene rings is 1. The van der Waals surface area contributed by atoms with Crippen molar-refractivity contribution in [2.24, 2.45) is 11.7 Å². The maximum Gasteiger partial charge on any atom is 0.242 e. The summed E-state index contributed by atoms with van der Waals surface area (Å²) in [7, 11) is 3.08. The van der Waals surface area contributed by atoms with Crippen molar-refractivity contribution in [1.82, 2.24) is 4.31 Å². The molecule has 1 amide bonds. The summed E-state index contributed by atoms with van der Waals surface area (Å²) in [5.41, 5.74) is 7.12. The summed E-state index contributed by atoms with van der Waals surface area (Å²) in [5, 5.41) is 2.89. The molecule has 2 rings (SSSR count). The van der Waals surface area contributed by atoms with Crippen molar-refractivity contribution in [2.75, 3.05) is 38.4 Å². The minimum Gasteiger partial charge on any atom is -0.376 e. The SMILES string of the molecule is CN(C)c1ccc(S(=O)(=O)N(C)C)cc1NC(=O)C1CCC(N)C1. The fourth-order valence-corrected chi connectivity index (χ4v) is 3.79. The number of rotatable bonds is 5. The van der Waals surface area contributed by atoms with Crippen molar-refractivity contribution >= 4 is 27.3 Å². The molecule has 0 spiro atoms. The molecule has 1 aliphatic rings. The minimum absolute atomic E-state index is 0.0644. The van der Waals surface area contributed by atoms with Crippen molar-refractivity contribution < 1.29 is 13.2 Å². The summed E-state index contributed by atoms with van der Waals surface area (Å²) >= 11 is 0. The smallest absolute Gasteiger partial charge is 0.242 e. The Morgan fingerprint density at radius 1 is 1.21 bits per heavy atom. The Kier molecular flexibility index (Phi) is 5.52. The molecule has 0 radical (unpaired) electrons. The molecule has 1 aliphatic carbocycles. The Balaban J connectivity index is 2.34. The molecule has 0 bridgehead atoms. The van der Waals surface area contributed by atoms with Crippen molar-refractivity contribution in [3.63, 3.8) is 0 Å². The van der Waals surface area contributed by atoms with Crippen molar-refractivity contribution in [3.8, 4) is 0 Å². The second-order valence-electron chi connectivity index (χ2n) is 6.62. The van der Waals surface area contributed by atoms with Crippen LogP contribution in [0.3, 0.4) is 0 Å². The zero-order chi connectivity index (χ0) is 18.1. The first-order valence-corrected chi connectivity index (χ1v) is 9.37. The van der Waals surface area contributed by atoms with E-state index in [0.717, 1.165) is 22.8 Å². The fraction of sp³-hybridized carbons (Fsp3) is 0.562. The van der Waals surface area contributed by atoms with E-state index < -0.39 is 10.0 Å². The highest BCUT2D eigenvalue weighted by Gasteiger charge is 2.28. The third-order valence-corrected chi connectivity index (χ3v) is 6.14. The van der Waals surface area contributed by atoms with Crippen LogP contribution in [0.25, 0.3) is 0 Å². The molecule has 1 aromatic carbocycles. The van der Waals surface area contributed by atoms with E-state index >= 15 is 0 Å². The Hall–Kier alpha value is -1.64. The van der Waals surface area contributed by atoms with Crippen LogP contribution < -0.4 is 16.0 Å². The number of hydrogen-bond donors (Lipinski definition) is 2. The summed E-state index contributed by atoms with van der Waals surface area (Å²) in [6.45, 7) is 0. The van der Waals surface area contributed by atoms with Crippen LogP contribution in [0, 0.1) is 5.92 Å². The van der Waals surface area contributed by atoms with E-state index in [9.17, 15) is 13.2 Å². The van der Waals surface area contributed by atoms with Gasteiger partial charge in [0, 0.05) is 40.2 Å². The molecule has 3 N–H and O–H groups in total. The summed E-state index contributed by atoms with van der Waals surface area (Å²) < 4.78 is 25.8. The number of carbonyl (C=O) groups is 1. The second-order valence-corrected chi connectivity index (χ2v) is 8.77. The maximum absolute atomic E-state index is 12.5. The van der Waals surface area contributed by atoms with Crippen LogP contribution in [0.2, 0.25) is 0 Å². The third-order valence-electron chi connectivity index (χ3n) is 4.33. The van der Waals surface area contributed by atoms with Gasteiger partial charge in [-0.25, -0.2) is 12.7 Å². The first-order chi connectivity index (χ1) is 11.1. The number of nitrogens with one attached hydrogen (secondary N) is 1. The number of nitrogens with two attached hydrogens (primary N) is 1. The highest BCUT2D eigenvalue weighted by Crippen LogP contribution is 2.31. The molecule has 8 heteroatoms. The van der Waals surface area contributed by atoms with Gasteiger partial charge in [0.15, 0.2) is 0 Å². The lowest BCUT2D eigenvalue weighted by Gasteiger charge is -2.21. The van der Waals surface area contributed by atoms with Crippen LogP contribution in [0.4, 0.5) is 11.4 Å². The van der Waals surface area contributed by atoms with E-state index in [0.29, 0.717) is 12.1 Å². The number of carbonyl (C=O) groups excluding carboxylic acids is 1. The van der Waals surface area contributed by atoms with E-state index in [-0.39, 0.29) is 22.8 Å². The number of anilines is 2. The molecule has 0 aliphatic heterocycles. The van der Waals surface area contributed by atoms with Gasteiger partial charge in [-0.3, -0.25) is 4.79 Å². The Labute approximate surface area is 143 Å². The zero-order valence-corrected chi connectivity index (χ0v) is 15.4. The number of amides is 1. The monoisotopic (exact) mass is 354 g/mol. The standard InChI is InChI=1S/C16H26N4O3S/c1-19(2)15-8-7-13(24(22,23)20(3)4)10-14(15)18-16(21)11-5-6-12(17)9-11/h7-8,10-12H,5-6,9,17H2,1-4H3,(H,18,21). The molecule has 2 unspecified atom stereocenters. The predicted molar refractivity (Wildman–Crippen MR) is 95.6 cm³/mol. The zero-order valence-electron chi connectivity index (χ0n) is 14.6. The highest BCUT2D eigenvalue weighted by atomic mass is 32.2. The van der Waals surface area contributed by atoms with E-state index in [4.69, 9.17) is 5.73 Å². The second kappa shape index (κ2) is 7.08. The molecule has 0 saturated heterocycles. The molecule has 2 atom stereocenters. The summed E-state index contributed by atoms with van der Waals surface area (Å²) in [6, 6.07) is 4.82. The lowest BCUT2D eigenvalue weighted by atomic mass is 10.1. The van der Waals surface area contributed by atoms with Crippen LogP contribution in [-0.2, 0) is 14.8 Å². The lowest BCUT2D eigenvalue weighted by Crippen LogP contribution is -2.25. The molecule has 24 heavy (non-hydrogen) atoms. The molecule has 134 valence electrons. The average Bonchev–Trinajstić information content (AvgIpc) is 2.93. The van der Waals surface area contributed by atoms with Crippen molar-refractivity contribution in [1.29, 1.82) is 0 Å². The van der Waals surface area contributed by atoms with E-state index in [1.54, 1.807) is 12.1 Å². The highest BCUT2D eigenvalue weighted by molar-refractivity contribution is 7.89. The van der Waals surface area contributed by atoms with E-state index in [1.165, 1.54) is 20.2 Å². The van der Waals surface area contributed by atoms with Gasteiger partial charge < -0.3 is 16.0 Å². The van der Waals surface area contributed by atoms with Gasteiger partial charge >= 0.3 is 0 Å². The topological polar surface area (TPSA) is 95.7 Å². The maximum atomic E-state index is 12.5. The summed E-state index contributed by atoms with van der Waals surface area (Å²) in [6.07, 6.45) is 2.27. The molecule has 0 heterocycles. The van der Waals surface area contributed by atoms with Gasteiger partial charge in [0.1, 0.15) is 0 Å². The molecule has 1 saturated carbocycles. The van der Waals surface area contributed by atoms with Gasteiger partial charge in [0.2, 0.25) is 15.9 Å². The quantitative estimate of drug-likeness (QED) is 0.824. The van der Waals surface area contributed by atoms with Crippen LogP contribution in [-0.4, -0.2) is 52.9 Å². The van der Waals surface area contributed by atoms with E-state index in [2.05, 4.69) is 5.32 Å². The minimum atomic E-state index is -3.56. The van der Waals surface area contributed by atoms with Crippen LogP contribution >= 0.6 is 0 Å². The molecule has 0 aromatic heterocycles. The number of hydrogen-bond acceptors (Lipinski definition) is 5. The average molecular weight is 354 g/mol. The largest absolute Gasteiger partial charge is 0.376 e. The van der Waals surface area contributed by atoms with Gasteiger partial charge in [0.05, 0.1) is 16.3 Å². The van der Waals surface area contributed by atoms with Gasteiger partial charge in [0.25, 0.3) is 0 Å². The van der Waals surface area contributed by atoms with Crippen LogP contribution in [0.15, 0.2) is 23.1 Å². The third kappa shape index (κ3) is 3.88. The first kappa shape index (κ1) is 18.7. The number of sulfonamides is 1. The Morgan fingerprint density at radius 2 is 1.88 bits per heavy atom. The fourth-order valence-electron chi connectivity index (χ4n) is 2.87. The Morgan fingerprint density at radius 3 is 2.38 bits per heavy atom. The Bertz CT molecular complexity index is 716. The van der Waals surface area contributed by atoms with Crippen LogP contribution in [0.5, 0.6) is 0 Å². The van der Waals surface area contributed by atoms with Gasteiger partial charge in [-0.15, -0.1) is 0 Å². The number of nitrogens with zero attached hydrogens (tertiary/aromatic N) is 2. The van der Waals surface area contributed by atoms with Crippen molar-refractivity contribution in [2.45, 2.75) is 30.2 Å². The molecule has 1 fully saturated rings. The van der Waals surface area contributed by atoms with E-state index in [1.807, 2.05) is 19.0 Å². The molecular weight excluding hydrogens is 328 g/mol. The molecule has 7 nitrogen and oxygen atoms in total. The van der Waals surface area contributed by atoms with Crippen LogP contribution in [0.1, 0.15) is 19.3 Å². The normalized spacial score (nSPS) is 21.1. The van der Waals surface area contributed by atoms with Gasteiger partial charge in [-0.1, -0.05) is 0 Å². The summed E-state index contributed by atoms with van der Waals surface area (Å²) in [4.78, 5) is 14.5. The molecule has 1 aromatic rings. The van der Waals surface area contributed by atoms with Gasteiger partial charge in [-0.2, -0.15) is 0 Å². The first-order valence-electron chi connectivity index (χ1n) is 7.93. The lowest BCUT2D eigenvalue weighted by molar-refractivity contribution is -0.119. The van der Waals surface area contributed by atoms with Crippen molar-refractivity contribution in [3.05, 3.63) is 18.2 Å².